The van der Waals surface area contributed by atoms with E-state index < -0.39 is 0 Å². The largest absolute Gasteiger partial charge is 0.489 e. The second kappa shape index (κ2) is 11.2. The van der Waals surface area contributed by atoms with Crippen LogP contribution in [0.5, 0.6) is 5.75 Å². The lowest BCUT2D eigenvalue weighted by Gasteiger charge is -2.24. The number of benzene rings is 1. The van der Waals surface area contributed by atoms with Crippen LogP contribution in [0.2, 0.25) is 0 Å². The number of unbranched alkanes of at least 4 members (excludes halogenated alkanes) is 1. The minimum Gasteiger partial charge on any atom is -0.489 e. The Morgan fingerprint density at radius 3 is 2.92 bits per heavy atom. The number of hydrogen-bond donors (Lipinski definition) is 1. The number of hydrogen-bond acceptors (Lipinski definition) is 4. The molecule has 0 aliphatic carbocycles. The predicted octanol–water partition coefficient (Wildman–Crippen LogP) is 3.37. The maximum absolute atomic E-state index is 12.3. The van der Waals surface area contributed by atoms with E-state index in [9.17, 15) is 4.79 Å². The van der Waals surface area contributed by atoms with Gasteiger partial charge in [0, 0.05) is 38.7 Å². The van der Waals surface area contributed by atoms with Crippen molar-refractivity contribution in [3.05, 3.63) is 29.8 Å². The van der Waals surface area contributed by atoms with Crippen LogP contribution in [0.3, 0.4) is 0 Å². The number of methoxy groups -OCH3 is 1. The zero-order valence-corrected chi connectivity index (χ0v) is 16.5. The van der Waals surface area contributed by atoms with Crippen LogP contribution >= 0.6 is 0 Å². The summed E-state index contributed by atoms with van der Waals surface area (Å²) in [4.78, 5) is 14.6. The number of ether oxygens (including phenoxy) is 2. The fraction of sp³-hybridized carbons (Fsp3) is 0.667. The van der Waals surface area contributed by atoms with Crippen LogP contribution in [-0.2, 0) is 16.1 Å². The van der Waals surface area contributed by atoms with Crippen molar-refractivity contribution in [2.45, 2.75) is 64.6 Å². The fourth-order valence-corrected chi connectivity index (χ4v) is 3.33. The molecule has 26 heavy (non-hydrogen) atoms. The van der Waals surface area contributed by atoms with Gasteiger partial charge in [-0.2, -0.15) is 0 Å². The van der Waals surface area contributed by atoms with Crippen LogP contribution in [-0.4, -0.2) is 49.8 Å². The zero-order chi connectivity index (χ0) is 18.8. The molecule has 0 fully saturated rings. The second-order valence-corrected chi connectivity index (χ2v) is 7.10. The van der Waals surface area contributed by atoms with Gasteiger partial charge in [0.2, 0.25) is 5.91 Å². The minimum atomic E-state index is 0.0949. The SMILES string of the molecule is CCCCC1CN(CCC(=O)NC(CC)COC)Cc2ccccc2O1. The Morgan fingerprint density at radius 1 is 1.38 bits per heavy atom. The lowest BCUT2D eigenvalue weighted by molar-refractivity contribution is -0.122. The van der Waals surface area contributed by atoms with Gasteiger partial charge in [-0.15, -0.1) is 0 Å². The molecule has 1 amide bonds. The van der Waals surface area contributed by atoms with E-state index in [4.69, 9.17) is 9.47 Å². The van der Waals surface area contributed by atoms with Gasteiger partial charge < -0.3 is 14.8 Å². The van der Waals surface area contributed by atoms with E-state index in [2.05, 4.69) is 42.3 Å². The molecule has 0 radical (unpaired) electrons. The molecule has 0 aromatic heterocycles. The minimum absolute atomic E-state index is 0.0949. The highest BCUT2D eigenvalue weighted by Gasteiger charge is 2.23. The summed E-state index contributed by atoms with van der Waals surface area (Å²) in [5, 5.41) is 3.07. The molecule has 2 unspecified atom stereocenters. The molecule has 0 bridgehead atoms. The molecular weight excluding hydrogens is 328 g/mol. The Kier molecular flexibility index (Phi) is 8.92. The van der Waals surface area contributed by atoms with Gasteiger partial charge in [0.05, 0.1) is 12.6 Å². The van der Waals surface area contributed by atoms with Crippen LogP contribution in [0.25, 0.3) is 0 Å². The summed E-state index contributed by atoms with van der Waals surface area (Å²) in [6, 6.07) is 8.35. The molecular formula is C21H34N2O3. The number of carbonyl (C=O) groups is 1. The summed E-state index contributed by atoms with van der Waals surface area (Å²) < 4.78 is 11.4. The Labute approximate surface area is 158 Å². The highest BCUT2D eigenvalue weighted by molar-refractivity contribution is 5.76. The number of nitrogens with one attached hydrogen (secondary N) is 1. The van der Waals surface area contributed by atoms with Crippen LogP contribution in [0, 0.1) is 0 Å². The Morgan fingerprint density at radius 2 is 2.19 bits per heavy atom. The summed E-state index contributed by atoms with van der Waals surface area (Å²) in [7, 11) is 1.67. The van der Waals surface area contributed by atoms with Crippen LogP contribution in [0.4, 0.5) is 0 Å². The first-order chi connectivity index (χ1) is 12.7. The number of carbonyl (C=O) groups excluding carboxylic acids is 1. The standard InChI is InChI=1S/C21H34N2O3/c1-4-6-10-19-15-23(14-17-9-7-8-11-20(17)26-19)13-12-21(24)22-18(5-2)16-25-3/h7-9,11,18-19H,4-6,10,12-16H2,1-3H3,(H,22,24). The summed E-state index contributed by atoms with van der Waals surface area (Å²) in [6.07, 6.45) is 4.96. The van der Waals surface area contributed by atoms with Crippen molar-refractivity contribution < 1.29 is 14.3 Å². The molecule has 5 heteroatoms. The van der Waals surface area contributed by atoms with Crippen molar-refractivity contribution in [2.24, 2.45) is 0 Å². The smallest absolute Gasteiger partial charge is 0.221 e. The highest BCUT2D eigenvalue weighted by Crippen LogP contribution is 2.26. The third kappa shape index (κ3) is 6.61. The summed E-state index contributed by atoms with van der Waals surface area (Å²) in [5.41, 5.74) is 1.21. The number of fused-ring (bicyclic) bond motifs is 1. The van der Waals surface area contributed by atoms with E-state index in [1.54, 1.807) is 7.11 Å². The maximum Gasteiger partial charge on any atom is 0.221 e. The van der Waals surface area contributed by atoms with Gasteiger partial charge in [0.1, 0.15) is 11.9 Å². The molecule has 1 aliphatic rings. The van der Waals surface area contributed by atoms with E-state index in [0.717, 1.165) is 44.6 Å². The molecule has 0 spiro atoms. The molecule has 1 aromatic carbocycles. The first-order valence-corrected chi connectivity index (χ1v) is 9.91. The van der Waals surface area contributed by atoms with Crippen molar-refractivity contribution in [3.8, 4) is 5.75 Å². The Bertz CT molecular complexity index is 550. The van der Waals surface area contributed by atoms with Gasteiger partial charge in [-0.1, -0.05) is 38.5 Å². The van der Waals surface area contributed by atoms with Gasteiger partial charge in [0.25, 0.3) is 0 Å². The number of rotatable bonds is 10. The Hall–Kier alpha value is -1.59. The van der Waals surface area contributed by atoms with E-state index in [-0.39, 0.29) is 18.1 Å². The molecule has 2 rings (SSSR count). The molecule has 1 heterocycles. The monoisotopic (exact) mass is 362 g/mol. The third-order valence-electron chi connectivity index (χ3n) is 4.88. The van der Waals surface area contributed by atoms with Crippen molar-refractivity contribution in [3.63, 3.8) is 0 Å². The average molecular weight is 363 g/mol. The van der Waals surface area contributed by atoms with Gasteiger partial charge in [-0.25, -0.2) is 0 Å². The molecule has 146 valence electrons. The van der Waals surface area contributed by atoms with Gasteiger partial charge in [-0.05, 0) is 25.3 Å². The third-order valence-corrected chi connectivity index (χ3v) is 4.88. The molecule has 2 atom stereocenters. The van der Waals surface area contributed by atoms with Crippen LogP contribution in [0.1, 0.15) is 51.5 Å². The van der Waals surface area contributed by atoms with Crippen LogP contribution in [0.15, 0.2) is 24.3 Å². The normalized spacial score (nSPS) is 18.5. The molecule has 1 aromatic rings. The topological polar surface area (TPSA) is 50.8 Å². The average Bonchev–Trinajstić information content (AvgIpc) is 2.83. The van der Waals surface area contributed by atoms with Crippen molar-refractivity contribution in [1.82, 2.24) is 10.2 Å². The van der Waals surface area contributed by atoms with E-state index in [0.29, 0.717) is 13.0 Å². The van der Waals surface area contributed by atoms with Gasteiger partial charge in [0.15, 0.2) is 0 Å². The zero-order valence-electron chi connectivity index (χ0n) is 16.5. The molecule has 0 saturated carbocycles. The Balaban J connectivity index is 1.93. The molecule has 0 saturated heterocycles. The number of para-hydroxylation sites is 1. The molecule has 1 aliphatic heterocycles. The summed E-state index contributed by atoms with van der Waals surface area (Å²) in [6.45, 7) is 7.28. The molecule has 5 nitrogen and oxygen atoms in total. The van der Waals surface area contributed by atoms with Crippen molar-refractivity contribution in [2.75, 3.05) is 26.8 Å². The highest BCUT2D eigenvalue weighted by atomic mass is 16.5. The van der Waals surface area contributed by atoms with E-state index >= 15 is 0 Å². The summed E-state index contributed by atoms with van der Waals surface area (Å²) >= 11 is 0. The van der Waals surface area contributed by atoms with Gasteiger partial charge in [-0.3, -0.25) is 9.69 Å². The number of amides is 1. The van der Waals surface area contributed by atoms with E-state index in [1.807, 2.05) is 6.07 Å². The fourth-order valence-electron chi connectivity index (χ4n) is 3.33. The van der Waals surface area contributed by atoms with E-state index in [1.165, 1.54) is 12.0 Å². The lowest BCUT2D eigenvalue weighted by atomic mass is 10.1. The summed E-state index contributed by atoms with van der Waals surface area (Å²) in [5.74, 6) is 1.09. The maximum atomic E-state index is 12.3. The first kappa shape index (κ1) is 20.7. The van der Waals surface area contributed by atoms with Crippen LogP contribution < -0.4 is 10.1 Å². The molecule has 1 N–H and O–H groups in total. The predicted molar refractivity (Wildman–Crippen MR) is 104 cm³/mol. The van der Waals surface area contributed by atoms with Gasteiger partial charge >= 0.3 is 0 Å². The van der Waals surface area contributed by atoms with Crippen molar-refractivity contribution in [1.29, 1.82) is 0 Å². The second-order valence-electron chi connectivity index (χ2n) is 7.10. The van der Waals surface area contributed by atoms with Crippen molar-refractivity contribution >= 4 is 5.91 Å². The first-order valence-electron chi connectivity index (χ1n) is 9.91. The number of nitrogens with zero attached hydrogens (tertiary/aromatic N) is 1. The lowest BCUT2D eigenvalue weighted by Crippen LogP contribution is -2.40. The quantitative estimate of drug-likeness (QED) is 0.693.